The number of esters is 1. The number of aromatic hydroxyl groups is 1. The fourth-order valence-corrected chi connectivity index (χ4v) is 1.52. The fraction of sp³-hybridized carbons (Fsp3) is 0.385. The lowest BCUT2D eigenvalue weighted by Gasteiger charge is -2.11. The van der Waals surface area contributed by atoms with E-state index in [2.05, 4.69) is 10.1 Å². The summed E-state index contributed by atoms with van der Waals surface area (Å²) in [7, 11) is 1.27. The van der Waals surface area contributed by atoms with Crippen LogP contribution in [0.3, 0.4) is 0 Å². The van der Waals surface area contributed by atoms with Crippen LogP contribution in [0.2, 0.25) is 0 Å². The Morgan fingerprint density at radius 1 is 1.39 bits per heavy atom. The Bertz CT molecular complexity index is 431. The lowest BCUT2D eigenvalue weighted by atomic mass is 10.1. The van der Waals surface area contributed by atoms with Gasteiger partial charge in [-0.15, -0.1) is 0 Å². The van der Waals surface area contributed by atoms with Crippen molar-refractivity contribution in [3.8, 4) is 5.75 Å². The number of ether oxygens (including phenoxy) is 1. The number of phenolic OH excluding ortho intramolecular Hbond substituents is 1. The van der Waals surface area contributed by atoms with E-state index in [-0.39, 0.29) is 18.1 Å². The number of rotatable bonds is 5. The Hall–Kier alpha value is -2.04. The predicted molar refractivity (Wildman–Crippen MR) is 66.0 cm³/mol. The molecular formula is C13H17NO4. The molecule has 0 heterocycles. The van der Waals surface area contributed by atoms with E-state index < -0.39 is 12.0 Å². The number of nitrogens with one attached hydrogen (secondary N) is 1. The van der Waals surface area contributed by atoms with Crippen LogP contribution in [0, 0.1) is 0 Å². The molecule has 5 heteroatoms. The van der Waals surface area contributed by atoms with E-state index in [1.807, 2.05) is 0 Å². The SMILES string of the molecule is COC(=O)C(C)NC(=O)CCc1ccccc1O. The molecule has 1 aromatic carbocycles. The van der Waals surface area contributed by atoms with Crippen LogP contribution in [0.15, 0.2) is 24.3 Å². The summed E-state index contributed by atoms with van der Waals surface area (Å²) in [5.41, 5.74) is 0.707. The van der Waals surface area contributed by atoms with Gasteiger partial charge in [0.1, 0.15) is 11.8 Å². The predicted octanol–water partition coefficient (Wildman–Crippen LogP) is 1.00. The molecule has 0 bridgehead atoms. The zero-order valence-electron chi connectivity index (χ0n) is 10.5. The molecule has 98 valence electrons. The van der Waals surface area contributed by atoms with Gasteiger partial charge in [0, 0.05) is 6.42 Å². The average molecular weight is 251 g/mol. The van der Waals surface area contributed by atoms with E-state index in [9.17, 15) is 14.7 Å². The Morgan fingerprint density at radius 3 is 2.67 bits per heavy atom. The lowest BCUT2D eigenvalue weighted by Crippen LogP contribution is -2.39. The van der Waals surface area contributed by atoms with Crippen molar-refractivity contribution in [3.63, 3.8) is 0 Å². The van der Waals surface area contributed by atoms with Crippen LogP contribution in [-0.2, 0) is 20.7 Å². The number of hydrogen-bond acceptors (Lipinski definition) is 4. The molecule has 0 aliphatic rings. The molecule has 0 fully saturated rings. The van der Waals surface area contributed by atoms with Crippen LogP contribution in [0.4, 0.5) is 0 Å². The standard InChI is InChI=1S/C13H17NO4/c1-9(13(17)18-2)14-12(16)8-7-10-5-3-4-6-11(10)15/h3-6,9,15H,7-8H2,1-2H3,(H,14,16). The second-order valence-corrected chi connectivity index (χ2v) is 3.94. The number of aryl methyl sites for hydroxylation is 1. The number of para-hydroxylation sites is 1. The number of hydrogen-bond donors (Lipinski definition) is 2. The van der Waals surface area contributed by atoms with Gasteiger partial charge >= 0.3 is 5.97 Å². The van der Waals surface area contributed by atoms with Crippen molar-refractivity contribution < 1.29 is 19.4 Å². The van der Waals surface area contributed by atoms with Crippen molar-refractivity contribution >= 4 is 11.9 Å². The Balaban J connectivity index is 2.43. The van der Waals surface area contributed by atoms with Gasteiger partial charge in [0.25, 0.3) is 0 Å². The van der Waals surface area contributed by atoms with Gasteiger partial charge in [-0.1, -0.05) is 18.2 Å². The van der Waals surface area contributed by atoms with Gasteiger partial charge in [0.15, 0.2) is 0 Å². The van der Waals surface area contributed by atoms with Crippen molar-refractivity contribution in [2.45, 2.75) is 25.8 Å². The number of benzene rings is 1. The highest BCUT2D eigenvalue weighted by Gasteiger charge is 2.15. The molecule has 2 N–H and O–H groups in total. The van der Waals surface area contributed by atoms with Crippen molar-refractivity contribution in [3.05, 3.63) is 29.8 Å². The highest BCUT2D eigenvalue weighted by atomic mass is 16.5. The molecule has 1 rings (SSSR count). The Morgan fingerprint density at radius 2 is 2.06 bits per heavy atom. The first kappa shape index (κ1) is 14.0. The molecule has 0 aromatic heterocycles. The second-order valence-electron chi connectivity index (χ2n) is 3.94. The number of phenols is 1. The largest absolute Gasteiger partial charge is 0.508 e. The van der Waals surface area contributed by atoms with E-state index in [0.29, 0.717) is 12.0 Å². The van der Waals surface area contributed by atoms with Gasteiger partial charge in [-0.25, -0.2) is 4.79 Å². The van der Waals surface area contributed by atoms with Crippen molar-refractivity contribution in [2.75, 3.05) is 7.11 Å². The van der Waals surface area contributed by atoms with Crippen LogP contribution in [0.25, 0.3) is 0 Å². The summed E-state index contributed by atoms with van der Waals surface area (Å²) in [5.74, 6) is -0.562. The summed E-state index contributed by atoms with van der Waals surface area (Å²) in [4.78, 5) is 22.7. The molecule has 0 aliphatic carbocycles. The summed E-state index contributed by atoms with van der Waals surface area (Å²) < 4.78 is 4.50. The third-order valence-corrected chi connectivity index (χ3v) is 2.55. The average Bonchev–Trinajstić information content (AvgIpc) is 2.36. The summed E-state index contributed by atoms with van der Waals surface area (Å²) in [6.07, 6.45) is 0.630. The van der Waals surface area contributed by atoms with Crippen LogP contribution < -0.4 is 5.32 Å². The molecule has 0 saturated carbocycles. The lowest BCUT2D eigenvalue weighted by molar-refractivity contribution is -0.144. The van der Waals surface area contributed by atoms with E-state index in [4.69, 9.17) is 0 Å². The maximum Gasteiger partial charge on any atom is 0.328 e. The maximum absolute atomic E-state index is 11.6. The number of carbonyl (C=O) groups is 2. The summed E-state index contributed by atoms with van der Waals surface area (Å²) in [6.45, 7) is 1.56. The monoisotopic (exact) mass is 251 g/mol. The van der Waals surface area contributed by atoms with E-state index >= 15 is 0 Å². The van der Waals surface area contributed by atoms with Crippen LogP contribution in [-0.4, -0.2) is 30.1 Å². The zero-order chi connectivity index (χ0) is 13.5. The molecule has 1 atom stereocenters. The first-order valence-electron chi connectivity index (χ1n) is 5.68. The van der Waals surface area contributed by atoms with E-state index in [1.54, 1.807) is 31.2 Å². The van der Waals surface area contributed by atoms with E-state index in [1.165, 1.54) is 7.11 Å². The summed E-state index contributed by atoms with van der Waals surface area (Å²) >= 11 is 0. The molecule has 0 aliphatic heterocycles. The fourth-order valence-electron chi connectivity index (χ4n) is 1.52. The van der Waals surface area contributed by atoms with Crippen molar-refractivity contribution in [1.29, 1.82) is 0 Å². The van der Waals surface area contributed by atoms with Crippen molar-refractivity contribution in [2.24, 2.45) is 0 Å². The first-order chi connectivity index (χ1) is 8.54. The van der Waals surface area contributed by atoms with Crippen molar-refractivity contribution in [1.82, 2.24) is 5.32 Å². The molecule has 18 heavy (non-hydrogen) atoms. The minimum absolute atomic E-state index is 0.173. The third kappa shape index (κ3) is 4.08. The quantitative estimate of drug-likeness (QED) is 0.766. The van der Waals surface area contributed by atoms with Crippen LogP contribution in [0.5, 0.6) is 5.75 Å². The molecular weight excluding hydrogens is 234 g/mol. The molecule has 0 spiro atoms. The molecule has 5 nitrogen and oxygen atoms in total. The van der Waals surface area contributed by atoms with Gasteiger partial charge in [0.2, 0.25) is 5.91 Å². The highest BCUT2D eigenvalue weighted by molar-refractivity contribution is 5.84. The smallest absolute Gasteiger partial charge is 0.328 e. The summed E-state index contributed by atoms with van der Waals surface area (Å²) in [5, 5.41) is 12.1. The topological polar surface area (TPSA) is 75.6 Å². The van der Waals surface area contributed by atoms with Gasteiger partial charge < -0.3 is 15.2 Å². The maximum atomic E-state index is 11.6. The van der Waals surface area contributed by atoms with Crippen LogP contribution >= 0.6 is 0 Å². The van der Waals surface area contributed by atoms with Gasteiger partial charge in [-0.05, 0) is 25.0 Å². The minimum Gasteiger partial charge on any atom is -0.508 e. The Labute approximate surface area is 106 Å². The van der Waals surface area contributed by atoms with Gasteiger partial charge in [0.05, 0.1) is 7.11 Å². The minimum atomic E-state index is -0.660. The molecule has 1 amide bonds. The zero-order valence-corrected chi connectivity index (χ0v) is 10.5. The highest BCUT2D eigenvalue weighted by Crippen LogP contribution is 2.16. The Kier molecular flexibility index (Phi) is 5.17. The number of methoxy groups -OCH3 is 1. The molecule has 0 radical (unpaired) electrons. The van der Waals surface area contributed by atoms with E-state index in [0.717, 1.165) is 0 Å². The number of carbonyl (C=O) groups excluding carboxylic acids is 2. The number of amides is 1. The third-order valence-electron chi connectivity index (χ3n) is 2.55. The van der Waals surface area contributed by atoms with Gasteiger partial charge in [-0.3, -0.25) is 4.79 Å². The molecule has 1 aromatic rings. The summed E-state index contributed by atoms with van der Waals surface area (Å²) in [6, 6.07) is 6.19. The second kappa shape index (κ2) is 6.64. The van der Waals surface area contributed by atoms with Gasteiger partial charge in [-0.2, -0.15) is 0 Å². The molecule has 0 saturated heterocycles. The normalized spacial score (nSPS) is 11.7. The molecule has 1 unspecified atom stereocenters. The van der Waals surface area contributed by atoms with Crippen LogP contribution in [0.1, 0.15) is 18.9 Å². The first-order valence-corrected chi connectivity index (χ1v) is 5.68.